The second-order valence-corrected chi connectivity index (χ2v) is 6.07. The highest BCUT2D eigenvalue weighted by molar-refractivity contribution is 5.57. The van der Waals surface area contributed by atoms with Crippen LogP contribution in [0.4, 0.5) is 11.6 Å². The van der Waals surface area contributed by atoms with Crippen LogP contribution in [0.25, 0.3) is 0 Å². The van der Waals surface area contributed by atoms with E-state index in [-0.39, 0.29) is 5.41 Å². The first-order valence-electron chi connectivity index (χ1n) is 7.20. The van der Waals surface area contributed by atoms with Gasteiger partial charge in [0, 0.05) is 37.0 Å². The molecular formula is C15H24N6. The molecule has 0 aliphatic carbocycles. The van der Waals surface area contributed by atoms with Crippen LogP contribution in [0.3, 0.4) is 0 Å². The van der Waals surface area contributed by atoms with Crippen LogP contribution in [0.15, 0.2) is 18.5 Å². The van der Waals surface area contributed by atoms with Crippen LogP contribution >= 0.6 is 0 Å². The smallest absolute Gasteiger partial charge is 0.138 e. The molecule has 0 saturated carbocycles. The zero-order chi connectivity index (χ0) is 15.5. The van der Waals surface area contributed by atoms with Crippen molar-refractivity contribution in [3.8, 4) is 0 Å². The lowest BCUT2D eigenvalue weighted by atomic mass is 9.95. The van der Waals surface area contributed by atoms with Gasteiger partial charge in [0.25, 0.3) is 0 Å². The summed E-state index contributed by atoms with van der Waals surface area (Å²) < 4.78 is 1.90. The molecule has 6 heteroatoms. The average molecular weight is 288 g/mol. The molecule has 0 saturated heterocycles. The predicted octanol–water partition coefficient (Wildman–Crippen LogP) is 2.43. The summed E-state index contributed by atoms with van der Waals surface area (Å²) in [5, 5.41) is 10.7. The molecule has 2 aromatic rings. The van der Waals surface area contributed by atoms with Crippen LogP contribution in [0, 0.1) is 6.92 Å². The van der Waals surface area contributed by atoms with Crippen molar-refractivity contribution in [2.24, 2.45) is 0 Å². The van der Waals surface area contributed by atoms with Crippen molar-refractivity contribution >= 4 is 11.6 Å². The van der Waals surface area contributed by atoms with Crippen LogP contribution < -0.4 is 10.6 Å². The van der Waals surface area contributed by atoms with Crippen molar-refractivity contribution in [3.05, 3.63) is 29.8 Å². The maximum atomic E-state index is 4.68. The third-order valence-corrected chi connectivity index (χ3v) is 3.25. The van der Waals surface area contributed by atoms with E-state index >= 15 is 0 Å². The van der Waals surface area contributed by atoms with E-state index in [0.717, 1.165) is 36.1 Å². The Bertz CT molecular complexity index is 583. The standard InChI is InChI=1S/C15H24N6/c1-11-12(16-5)19-14(15(2,3)4)20-13(11)17-8-10-21-9-6-7-18-21/h6-7,9H,8,10H2,1-5H3,(H2,16,17,19,20). The second kappa shape index (κ2) is 6.11. The molecule has 0 unspecified atom stereocenters. The van der Waals surface area contributed by atoms with Gasteiger partial charge in [0.1, 0.15) is 17.5 Å². The molecule has 21 heavy (non-hydrogen) atoms. The van der Waals surface area contributed by atoms with Gasteiger partial charge in [-0.25, -0.2) is 9.97 Å². The zero-order valence-corrected chi connectivity index (χ0v) is 13.4. The normalized spacial score (nSPS) is 11.5. The second-order valence-electron chi connectivity index (χ2n) is 6.07. The third-order valence-electron chi connectivity index (χ3n) is 3.25. The van der Waals surface area contributed by atoms with Gasteiger partial charge in [-0.05, 0) is 13.0 Å². The number of anilines is 2. The van der Waals surface area contributed by atoms with Crippen LogP contribution in [0.1, 0.15) is 32.2 Å². The molecule has 0 aromatic carbocycles. The fourth-order valence-corrected chi connectivity index (χ4v) is 1.99. The Balaban J connectivity index is 2.17. The highest BCUT2D eigenvalue weighted by atomic mass is 15.3. The van der Waals surface area contributed by atoms with Gasteiger partial charge in [0.15, 0.2) is 0 Å². The maximum absolute atomic E-state index is 4.68. The first-order chi connectivity index (χ1) is 9.91. The number of hydrogen-bond acceptors (Lipinski definition) is 5. The summed E-state index contributed by atoms with van der Waals surface area (Å²) in [7, 11) is 1.88. The van der Waals surface area contributed by atoms with Crippen molar-refractivity contribution < 1.29 is 0 Å². The highest BCUT2D eigenvalue weighted by Crippen LogP contribution is 2.25. The maximum Gasteiger partial charge on any atom is 0.138 e. The largest absolute Gasteiger partial charge is 0.373 e. The van der Waals surface area contributed by atoms with Gasteiger partial charge in [-0.3, -0.25) is 4.68 Å². The Labute approximate surface area is 126 Å². The highest BCUT2D eigenvalue weighted by Gasteiger charge is 2.20. The molecule has 2 rings (SSSR count). The molecule has 2 heterocycles. The quantitative estimate of drug-likeness (QED) is 0.884. The van der Waals surface area contributed by atoms with Gasteiger partial charge in [0.05, 0.1) is 6.54 Å². The Kier molecular flexibility index (Phi) is 4.45. The van der Waals surface area contributed by atoms with E-state index in [1.807, 2.05) is 30.9 Å². The van der Waals surface area contributed by atoms with E-state index in [0.29, 0.717) is 0 Å². The van der Waals surface area contributed by atoms with E-state index in [2.05, 4.69) is 46.5 Å². The molecule has 0 radical (unpaired) electrons. The molecule has 0 atom stereocenters. The van der Waals surface area contributed by atoms with Crippen LogP contribution in [0.5, 0.6) is 0 Å². The van der Waals surface area contributed by atoms with Crippen molar-refractivity contribution in [1.82, 2.24) is 19.7 Å². The Morgan fingerprint density at radius 3 is 2.48 bits per heavy atom. The fourth-order valence-electron chi connectivity index (χ4n) is 1.99. The van der Waals surface area contributed by atoms with Crippen LogP contribution in [-0.4, -0.2) is 33.3 Å². The minimum absolute atomic E-state index is 0.0856. The number of aromatic nitrogens is 4. The summed E-state index contributed by atoms with van der Waals surface area (Å²) in [5.74, 6) is 2.59. The zero-order valence-electron chi connectivity index (χ0n) is 13.4. The van der Waals surface area contributed by atoms with E-state index in [9.17, 15) is 0 Å². The Hall–Kier alpha value is -2.11. The summed E-state index contributed by atoms with van der Waals surface area (Å²) in [6.07, 6.45) is 3.74. The van der Waals surface area contributed by atoms with Crippen LogP contribution in [-0.2, 0) is 12.0 Å². The first kappa shape index (κ1) is 15.3. The number of nitrogens with zero attached hydrogens (tertiary/aromatic N) is 4. The van der Waals surface area contributed by atoms with Gasteiger partial charge in [0.2, 0.25) is 0 Å². The van der Waals surface area contributed by atoms with E-state index in [1.54, 1.807) is 6.20 Å². The van der Waals surface area contributed by atoms with E-state index in [4.69, 9.17) is 0 Å². The van der Waals surface area contributed by atoms with Crippen LogP contribution in [0.2, 0.25) is 0 Å². The molecular weight excluding hydrogens is 264 g/mol. The van der Waals surface area contributed by atoms with Gasteiger partial charge in [-0.2, -0.15) is 5.10 Å². The van der Waals surface area contributed by atoms with E-state index < -0.39 is 0 Å². The van der Waals surface area contributed by atoms with Crippen molar-refractivity contribution in [2.75, 3.05) is 24.2 Å². The lowest BCUT2D eigenvalue weighted by Gasteiger charge is -2.20. The molecule has 0 aliphatic heterocycles. The summed E-state index contributed by atoms with van der Waals surface area (Å²) in [6, 6.07) is 1.92. The molecule has 114 valence electrons. The van der Waals surface area contributed by atoms with Gasteiger partial charge >= 0.3 is 0 Å². The van der Waals surface area contributed by atoms with Crippen molar-refractivity contribution in [3.63, 3.8) is 0 Å². The number of nitrogens with one attached hydrogen (secondary N) is 2. The lowest BCUT2D eigenvalue weighted by Crippen LogP contribution is -2.20. The Morgan fingerprint density at radius 1 is 1.19 bits per heavy atom. The minimum atomic E-state index is -0.0856. The Morgan fingerprint density at radius 2 is 1.90 bits per heavy atom. The predicted molar refractivity (Wildman–Crippen MR) is 85.7 cm³/mol. The molecule has 2 N–H and O–H groups in total. The first-order valence-corrected chi connectivity index (χ1v) is 7.20. The molecule has 6 nitrogen and oxygen atoms in total. The molecule has 0 aliphatic rings. The fraction of sp³-hybridized carbons (Fsp3) is 0.533. The molecule has 0 fully saturated rings. The van der Waals surface area contributed by atoms with Gasteiger partial charge in [-0.15, -0.1) is 0 Å². The molecule has 2 aromatic heterocycles. The summed E-state index contributed by atoms with van der Waals surface area (Å²) in [5.41, 5.74) is 0.948. The molecule has 0 bridgehead atoms. The SMILES string of the molecule is CNc1nc(C(C)(C)C)nc(NCCn2cccn2)c1C. The lowest BCUT2D eigenvalue weighted by molar-refractivity contribution is 0.545. The monoisotopic (exact) mass is 288 g/mol. The van der Waals surface area contributed by atoms with Gasteiger partial charge < -0.3 is 10.6 Å². The molecule has 0 amide bonds. The van der Waals surface area contributed by atoms with Crippen molar-refractivity contribution in [1.29, 1.82) is 0 Å². The number of hydrogen-bond donors (Lipinski definition) is 2. The van der Waals surface area contributed by atoms with Crippen molar-refractivity contribution in [2.45, 2.75) is 39.7 Å². The third kappa shape index (κ3) is 3.71. The topological polar surface area (TPSA) is 67.7 Å². The summed E-state index contributed by atoms with van der Waals surface area (Å²) in [6.45, 7) is 9.94. The van der Waals surface area contributed by atoms with Gasteiger partial charge in [-0.1, -0.05) is 20.8 Å². The minimum Gasteiger partial charge on any atom is -0.373 e. The molecule has 0 spiro atoms. The number of rotatable bonds is 5. The summed E-state index contributed by atoms with van der Waals surface area (Å²) >= 11 is 0. The van der Waals surface area contributed by atoms with E-state index in [1.165, 1.54) is 0 Å². The summed E-state index contributed by atoms with van der Waals surface area (Å²) in [4.78, 5) is 9.28. The average Bonchev–Trinajstić information content (AvgIpc) is 2.92.